The summed E-state index contributed by atoms with van der Waals surface area (Å²) in [6.07, 6.45) is 10.8. The van der Waals surface area contributed by atoms with Crippen LogP contribution in [0.25, 0.3) is 6.08 Å². The molecule has 3 nitrogen and oxygen atoms in total. The summed E-state index contributed by atoms with van der Waals surface area (Å²) in [4.78, 5) is 0. The molecule has 1 aromatic heterocycles. The van der Waals surface area contributed by atoms with Gasteiger partial charge in [-0.3, -0.25) is 4.68 Å². The molecular formula is C11H17N3. The molecule has 0 aliphatic heterocycles. The summed E-state index contributed by atoms with van der Waals surface area (Å²) in [6.45, 7) is 0. The molecule has 14 heavy (non-hydrogen) atoms. The topological polar surface area (TPSA) is 43.8 Å². The van der Waals surface area contributed by atoms with Crippen molar-refractivity contribution in [1.29, 1.82) is 0 Å². The van der Waals surface area contributed by atoms with E-state index in [1.165, 1.54) is 30.4 Å². The summed E-state index contributed by atoms with van der Waals surface area (Å²) in [5, 5.41) is 4.14. The fourth-order valence-electron chi connectivity index (χ4n) is 2.01. The standard InChI is InChI=1S/C11H17N3/c1-14-8-10(7-13-14)5-9-3-2-4-11(12)6-9/h5,7-8,11H,2-4,6,12H2,1H3. The zero-order valence-electron chi connectivity index (χ0n) is 8.61. The number of rotatable bonds is 1. The maximum absolute atomic E-state index is 5.92. The van der Waals surface area contributed by atoms with Crippen LogP contribution >= 0.6 is 0 Å². The molecule has 0 bridgehead atoms. The van der Waals surface area contributed by atoms with Crippen LogP contribution in [0.3, 0.4) is 0 Å². The monoisotopic (exact) mass is 191 g/mol. The van der Waals surface area contributed by atoms with Gasteiger partial charge >= 0.3 is 0 Å². The van der Waals surface area contributed by atoms with Gasteiger partial charge in [-0.05, 0) is 25.7 Å². The van der Waals surface area contributed by atoms with Gasteiger partial charge < -0.3 is 5.73 Å². The second-order valence-electron chi connectivity index (χ2n) is 4.11. The summed E-state index contributed by atoms with van der Waals surface area (Å²) in [5.74, 6) is 0. The Morgan fingerprint density at radius 2 is 2.50 bits per heavy atom. The van der Waals surface area contributed by atoms with Crippen molar-refractivity contribution in [1.82, 2.24) is 9.78 Å². The van der Waals surface area contributed by atoms with Crippen molar-refractivity contribution in [3.8, 4) is 0 Å². The molecule has 1 unspecified atom stereocenters. The smallest absolute Gasteiger partial charge is 0.0562 e. The van der Waals surface area contributed by atoms with E-state index < -0.39 is 0 Å². The highest BCUT2D eigenvalue weighted by Gasteiger charge is 2.12. The molecule has 1 saturated carbocycles. The SMILES string of the molecule is Cn1cc(C=C2CCCC(N)C2)cn1. The van der Waals surface area contributed by atoms with Gasteiger partial charge in [0, 0.05) is 24.8 Å². The number of aryl methyl sites for hydroxylation is 1. The average Bonchev–Trinajstić information content (AvgIpc) is 2.51. The molecule has 1 aromatic rings. The first-order chi connectivity index (χ1) is 6.74. The Kier molecular flexibility index (Phi) is 2.68. The molecule has 2 rings (SSSR count). The lowest BCUT2D eigenvalue weighted by Crippen LogP contribution is -2.23. The summed E-state index contributed by atoms with van der Waals surface area (Å²) < 4.78 is 1.83. The first-order valence-electron chi connectivity index (χ1n) is 5.18. The van der Waals surface area contributed by atoms with Gasteiger partial charge in [0.1, 0.15) is 0 Å². The third-order valence-corrected chi connectivity index (χ3v) is 2.69. The van der Waals surface area contributed by atoms with Crippen molar-refractivity contribution < 1.29 is 0 Å². The van der Waals surface area contributed by atoms with Gasteiger partial charge in [-0.2, -0.15) is 5.10 Å². The zero-order chi connectivity index (χ0) is 9.97. The number of nitrogens with two attached hydrogens (primary N) is 1. The van der Waals surface area contributed by atoms with Crippen molar-refractivity contribution in [3.05, 3.63) is 23.5 Å². The van der Waals surface area contributed by atoms with Gasteiger partial charge in [0.05, 0.1) is 6.20 Å². The predicted octanol–water partition coefficient (Wildman–Crippen LogP) is 1.70. The Balaban J connectivity index is 2.09. The fraction of sp³-hybridized carbons (Fsp3) is 0.545. The highest BCUT2D eigenvalue weighted by molar-refractivity contribution is 5.51. The summed E-state index contributed by atoms with van der Waals surface area (Å²) in [7, 11) is 1.94. The summed E-state index contributed by atoms with van der Waals surface area (Å²) in [5.41, 5.74) is 8.58. The molecule has 0 spiro atoms. The quantitative estimate of drug-likeness (QED) is 0.734. The molecular weight excluding hydrogens is 174 g/mol. The molecule has 0 radical (unpaired) electrons. The third kappa shape index (κ3) is 2.23. The molecule has 1 aliphatic rings. The van der Waals surface area contributed by atoms with E-state index in [1.807, 2.05) is 24.1 Å². The van der Waals surface area contributed by atoms with Crippen molar-refractivity contribution >= 4 is 6.08 Å². The molecule has 3 heteroatoms. The minimum Gasteiger partial charge on any atom is -0.327 e. The largest absolute Gasteiger partial charge is 0.327 e. The van der Waals surface area contributed by atoms with Gasteiger partial charge in [-0.1, -0.05) is 11.6 Å². The van der Waals surface area contributed by atoms with Crippen LogP contribution in [0.2, 0.25) is 0 Å². The van der Waals surface area contributed by atoms with Crippen LogP contribution in [-0.4, -0.2) is 15.8 Å². The second kappa shape index (κ2) is 3.96. The van der Waals surface area contributed by atoms with Crippen LogP contribution in [0, 0.1) is 0 Å². The van der Waals surface area contributed by atoms with Gasteiger partial charge in [-0.25, -0.2) is 0 Å². The number of nitrogens with zero attached hydrogens (tertiary/aromatic N) is 2. The maximum Gasteiger partial charge on any atom is 0.0562 e. The Morgan fingerprint density at radius 1 is 1.64 bits per heavy atom. The van der Waals surface area contributed by atoms with E-state index in [4.69, 9.17) is 5.73 Å². The normalized spacial score (nSPS) is 25.6. The van der Waals surface area contributed by atoms with Crippen LogP contribution in [0.4, 0.5) is 0 Å². The van der Waals surface area contributed by atoms with Crippen molar-refractivity contribution in [2.45, 2.75) is 31.7 Å². The molecule has 2 N–H and O–H groups in total. The molecule has 0 aromatic carbocycles. The Hall–Kier alpha value is -1.09. The van der Waals surface area contributed by atoms with E-state index in [-0.39, 0.29) is 0 Å². The summed E-state index contributed by atoms with van der Waals surface area (Å²) in [6, 6.07) is 0.367. The first kappa shape index (κ1) is 9.46. The zero-order valence-corrected chi connectivity index (χ0v) is 8.61. The van der Waals surface area contributed by atoms with Crippen LogP contribution < -0.4 is 5.73 Å². The second-order valence-corrected chi connectivity index (χ2v) is 4.11. The highest BCUT2D eigenvalue weighted by atomic mass is 15.2. The molecule has 1 atom stereocenters. The lowest BCUT2D eigenvalue weighted by Gasteiger charge is -2.20. The Bertz CT molecular complexity index is 338. The van der Waals surface area contributed by atoms with E-state index in [1.54, 1.807) is 0 Å². The maximum atomic E-state index is 5.92. The van der Waals surface area contributed by atoms with Gasteiger partial charge in [0.2, 0.25) is 0 Å². The van der Waals surface area contributed by atoms with Crippen LogP contribution in [0.1, 0.15) is 31.2 Å². The molecule has 1 aliphatic carbocycles. The third-order valence-electron chi connectivity index (χ3n) is 2.69. The van der Waals surface area contributed by atoms with Crippen molar-refractivity contribution in [2.75, 3.05) is 0 Å². The van der Waals surface area contributed by atoms with Crippen LogP contribution in [0.5, 0.6) is 0 Å². The van der Waals surface area contributed by atoms with E-state index >= 15 is 0 Å². The number of aromatic nitrogens is 2. The van der Waals surface area contributed by atoms with Crippen LogP contribution in [0.15, 0.2) is 18.0 Å². The lowest BCUT2D eigenvalue weighted by molar-refractivity contribution is 0.520. The summed E-state index contributed by atoms with van der Waals surface area (Å²) >= 11 is 0. The fourth-order valence-corrected chi connectivity index (χ4v) is 2.01. The van der Waals surface area contributed by atoms with Gasteiger partial charge in [-0.15, -0.1) is 0 Å². The highest BCUT2D eigenvalue weighted by Crippen LogP contribution is 2.24. The molecule has 1 fully saturated rings. The van der Waals surface area contributed by atoms with Crippen LogP contribution in [-0.2, 0) is 7.05 Å². The lowest BCUT2D eigenvalue weighted by atomic mass is 9.90. The Labute approximate surface area is 84.6 Å². The first-order valence-corrected chi connectivity index (χ1v) is 5.18. The predicted molar refractivity (Wildman–Crippen MR) is 57.6 cm³/mol. The molecule has 1 heterocycles. The molecule has 0 amide bonds. The minimum atomic E-state index is 0.367. The minimum absolute atomic E-state index is 0.367. The molecule has 0 saturated heterocycles. The van der Waals surface area contributed by atoms with E-state index in [0.29, 0.717) is 6.04 Å². The number of hydrogen-bond donors (Lipinski definition) is 1. The number of hydrogen-bond acceptors (Lipinski definition) is 2. The van der Waals surface area contributed by atoms with Crippen molar-refractivity contribution in [2.24, 2.45) is 12.8 Å². The average molecular weight is 191 g/mol. The van der Waals surface area contributed by atoms with Gasteiger partial charge in [0.15, 0.2) is 0 Å². The Morgan fingerprint density at radius 3 is 3.14 bits per heavy atom. The van der Waals surface area contributed by atoms with E-state index in [2.05, 4.69) is 11.2 Å². The van der Waals surface area contributed by atoms with E-state index in [9.17, 15) is 0 Å². The van der Waals surface area contributed by atoms with Crippen molar-refractivity contribution in [3.63, 3.8) is 0 Å². The molecule has 76 valence electrons. The van der Waals surface area contributed by atoms with Gasteiger partial charge in [0.25, 0.3) is 0 Å². The van der Waals surface area contributed by atoms with E-state index in [0.717, 1.165) is 6.42 Å².